The van der Waals surface area contributed by atoms with Crippen LogP contribution >= 0.6 is 31.9 Å². The molecule has 0 heterocycles. The van der Waals surface area contributed by atoms with Gasteiger partial charge in [-0.15, -0.1) is 0 Å². The maximum absolute atomic E-state index is 12.2. The van der Waals surface area contributed by atoms with Crippen molar-refractivity contribution in [2.75, 3.05) is 19.0 Å². The number of anilines is 1. The van der Waals surface area contributed by atoms with Gasteiger partial charge in [-0.25, -0.2) is 0 Å². The summed E-state index contributed by atoms with van der Waals surface area (Å²) in [6, 6.07) is 9.43. The Bertz CT molecular complexity index is 780. The average Bonchev–Trinajstić information content (AvgIpc) is 2.57. The Morgan fingerprint density at radius 2 is 1.84 bits per heavy atom. The number of hydrogen-bond acceptors (Lipinski definition) is 3. The van der Waals surface area contributed by atoms with Gasteiger partial charge in [0.25, 0.3) is 5.91 Å². The monoisotopic (exact) mass is 467 g/mol. The molecular weight excluding hydrogens is 450 g/mol. The van der Waals surface area contributed by atoms with E-state index in [0.717, 1.165) is 20.1 Å². The van der Waals surface area contributed by atoms with Crippen LogP contribution < -0.4 is 14.8 Å². The van der Waals surface area contributed by atoms with Crippen molar-refractivity contribution in [2.45, 2.75) is 13.8 Å². The van der Waals surface area contributed by atoms with Crippen molar-refractivity contribution in [1.29, 1.82) is 0 Å². The fraction of sp³-hybridized carbons (Fsp3) is 0.211. The predicted octanol–water partition coefficient (Wildman–Crippen LogP) is 5.58. The van der Waals surface area contributed by atoms with Gasteiger partial charge in [0.1, 0.15) is 0 Å². The van der Waals surface area contributed by atoms with Crippen molar-refractivity contribution in [3.05, 3.63) is 56.5 Å². The number of benzene rings is 2. The maximum atomic E-state index is 12.2. The molecular formula is C19H19Br2NO3. The molecule has 0 fully saturated rings. The fourth-order valence-corrected chi connectivity index (χ4v) is 3.85. The van der Waals surface area contributed by atoms with Crippen molar-refractivity contribution in [2.24, 2.45) is 0 Å². The smallest absolute Gasteiger partial charge is 0.262 e. The molecule has 0 aliphatic rings. The first-order chi connectivity index (χ1) is 11.9. The zero-order valence-electron chi connectivity index (χ0n) is 14.2. The minimum atomic E-state index is -0.259. The van der Waals surface area contributed by atoms with Crippen LogP contribution in [0.15, 0.2) is 45.4 Å². The van der Waals surface area contributed by atoms with Crippen LogP contribution in [0.5, 0.6) is 11.5 Å². The highest BCUT2D eigenvalue weighted by Gasteiger charge is 2.12. The largest absolute Gasteiger partial charge is 0.493 e. The molecule has 2 aromatic carbocycles. The molecule has 4 nitrogen and oxygen atoms in total. The minimum absolute atomic E-state index is 0.119. The molecule has 0 spiro atoms. The Balaban J connectivity index is 2.05. The van der Waals surface area contributed by atoms with Crippen molar-refractivity contribution < 1.29 is 14.3 Å². The third-order valence-corrected chi connectivity index (χ3v) is 4.61. The van der Waals surface area contributed by atoms with Gasteiger partial charge in [0.15, 0.2) is 18.1 Å². The standard InChI is InChI=1S/C19H19Br2NO3/c1-4-5-13-6-7-16(17(10-13)24-3)25-11-18(23)22-19-14(20)8-12(2)9-15(19)21/h4-10H,11H2,1-3H3,(H,22,23)/b5-4+. The molecule has 0 saturated carbocycles. The molecule has 0 aliphatic heterocycles. The Kier molecular flexibility index (Phi) is 7.08. The number of aryl methyl sites for hydroxylation is 1. The van der Waals surface area contributed by atoms with E-state index in [1.165, 1.54) is 0 Å². The summed E-state index contributed by atoms with van der Waals surface area (Å²) in [4.78, 5) is 12.2. The molecule has 1 N–H and O–H groups in total. The van der Waals surface area contributed by atoms with Gasteiger partial charge in [-0.05, 0) is 81.1 Å². The van der Waals surface area contributed by atoms with E-state index >= 15 is 0 Å². The first-order valence-electron chi connectivity index (χ1n) is 7.63. The van der Waals surface area contributed by atoms with Gasteiger partial charge in [-0.3, -0.25) is 4.79 Å². The number of carbonyl (C=O) groups excluding carboxylic acids is 1. The van der Waals surface area contributed by atoms with Gasteiger partial charge in [0.05, 0.1) is 12.8 Å². The first-order valence-corrected chi connectivity index (χ1v) is 9.22. The highest BCUT2D eigenvalue weighted by Crippen LogP contribution is 2.32. The fourth-order valence-electron chi connectivity index (χ4n) is 2.24. The Labute approximate surface area is 164 Å². The van der Waals surface area contributed by atoms with Crippen LogP contribution in [-0.4, -0.2) is 19.6 Å². The van der Waals surface area contributed by atoms with E-state index in [-0.39, 0.29) is 12.5 Å². The molecule has 132 valence electrons. The molecule has 2 rings (SSSR count). The number of nitrogens with one attached hydrogen (secondary N) is 1. The van der Waals surface area contributed by atoms with Gasteiger partial charge in [0.2, 0.25) is 0 Å². The van der Waals surface area contributed by atoms with Crippen LogP contribution in [0.4, 0.5) is 5.69 Å². The van der Waals surface area contributed by atoms with E-state index in [1.54, 1.807) is 13.2 Å². The van der Waals surface area contributed by atoms with Crippen molar-refractivity contribution in [1.82, 2.24) is 0 Å². The predicted molar refractivity (Wildman–Crippen MR) is 108 cm³/mol. The van der Waals surface area contributed by atoms with Gasteiger partial charge in [0, 0.05) is 8.95 Å². The summed E-state index contributed by atoms with van der Waals surface area (Å²) in [6.07, 6.45) is 3.91. The number of rotatable bonds is 6. The number of halogens is 2. The number of ether oxygens (including phenoxy) is 2. The lowest BCUT2D eigenvalue weighted by Crippen LogP contribution is -2.21. The van der Waals surface area contributed by atoms with E-state index in [1.807, 2.05) is 50.3 Å². The highest BCUT2D eigenvalue weighted by molar-refractivity contribution is 9.11. The molecule has 0 aromatic heterocycles. The highest BCUT2D eigenvalue weighted by atomic mass is 79.9. The summed E-state index contributed by atoms with van der Waals surface area (Å²) in [5.41, 5.74) is 2.76. The van der Waals surface area contributed by atoms with Crippen molar-refractivity contribution >= 4 is 49.5 Å². The zero-order chi connectivity index (χ0) is 18.4. The second kappa shape index (κ2) is 9.06. The zero-order valence-corrected chi connectivity index (χ0v) is 17.4. The normalized spacial score (nSPS) is 10.8. The second-order valence-electron chi connectivity index (χ2n) is 5.35. The summed E-state index contributed by atoms with van der Waals surface area (Å²) in [6.45, 7) is 3.81. The van der Waals surface area contributed by atoms with Gasteiger partial charge in [-0.1, -0.05) is 18.2 Å². The molecule has 0 atom stereocenters. The lowest BCUT2D eigenvalue weighted by atomic mass is 10.2. The molecule has 1 amide bonds. The van der Waals surface area contributed by atoms with Crippen LogP contribution in [0.2, 0.25) is 0 Å². The van der Waals surface area contributed by atoms with E-state index < -0.39 is 0 Å². The molecule has 6 heteroatoms. The summed E-state index contributed by atoms with van der Waals surface area (Å²) in [5.74, 6) is 0.846. The molecule has 0 saturated heterocycles. The van der Waals surface area contributed by atoms with E-state index in [2.05, 4.69) is 37.2 Å². The van der Waals surface area contributed by atoms with Crippen LogP contribution in [0.1, 0.15) is 18.1 Å². The first kappa shape index (κ1) is 19.5. The van der Waals surface area contributed by atoms with E-state index in [4.69, 9.17) is 9.47 Å². The van der Waals surface area contributed by atoms with Crippen LogP contribution in [0.25, 0.3) is 6.08 Å². The van der Waals surface area contributed by atoms with Crippen molar-refractivity contribution in [3.8, 4) is 11.5 Å². The van der Waals surface area contributed by atoms with E-state index in [0.29, 0.717) is 17.2 Å². The minimum Gasteiger partial charge on any atom is -0.493 e. The lowest BCUT2D eigenvalue weighted by Gasteiger charge is -2.13. The molecule has 0 aliphatic carbocycles. The quantitative estimate of drug-likeness (QED) is 0.601. The van der Waals surface area contributed by atoms with Crippen LogP contribution in [-0.2, 0) is 4.79 Å². The maximum Gasteiger partial charge on any atom is 0.262 e. The number of carbonyl (C=O) groups is 1. The third-order valence-electron chi connectivity index (χ3n) is 3.36. The Morgan fingerprint density at radius 1 is 1.16 bits per heavy atom. The van der Waals surface area contributed by atoms with Crippen LogP contribution in [0, 0.1) is 6.92 Å². The van der Waals surface area contributed by atoms with Gasteiger partial charge >= 0.3 is 0 Å². The number of allylic oxidation sites excluding steroid dienone is 1. The number of hydrogen-bond donors (Lipinski definition) is 1. The summed E-state index contributed by atoms with van der Waals surface area (Å²) >= 11 is 6.91. The SMILES string of the molecule is C/C=C/c1ccc(OCC(=O)Nc2c(Br)cc(C)cc2Br)c(OC)c1. The topological polar surface area (TPSA) is 47.6 Å². The molecule has 25 heavy (non-hydrogen) atoms. The van der Waals surface area contributed by atoms with Gasteiger partial charge < -0.3 is 14.8 Å². The number of amides is 1. The average molecular weight is 469 g/mol. The summed E-state index contributed by atoms with van der Waals surface area (Å²) in [5, 5.41) is 2.84. The second-order valence-corrected chi connectivity index (χ2v) is 7.06. The summed E-state index contributed by atoms with van der Waals surface area (Å²) < 4.78 is 12.5. The molecule has 0 radical (unpaired) electrons. The third kappa shape index (κ3) is 5.34. The Hall–Kier alpha value is -1.79. The molecule has 0 bridgehead atoms. The van der Waals surface area contributed by atoms with Crippen LogP contribution in [0.3, 0.4) is 0 Å². The van der Waals surface area contributed by atoms with Crippen molar-refractivity contribution in [3.63, 3.8) is 0 Å². The number of methoxy groups -OCH3 is 1. The molecule has 2 aromatic rings. The Morgan fingerprint density at radius 3 is 2.44 bits per heavy atom. The molecule has 0 unspecified atom stereocenters. The van der Waals surface area contributed by atoms with E-state index in [9.17, 15) is 4.79 Å². The van der Waals surface area contributed by atoms with Gasteiger partial charge in [-0.2, -0.15) is 0 Å². The lowest BCUT2D eigenvalue weighted by molar-refractivity contribution is -0.118. The summed E-state index contributed by atoms with van der Waals surface area (Å²) in [7, 11) is 1.57.